The Kier molecular flexibility index (Phi) is 6.97. The molecule has 3 aliphatic rings. The largest absolute Gasteiger partial charge is 0.377 e. The lowest BCUT2D eigenvalue weighted by Crippen LogP contribution is -2.38. The molecule has 0 N–H and O–H groups in total. The predicted molar refractivity (Wildman–Crippen MR) is 114 cm³/mol. The van der Waals surface area contributed by atoms with Crippen LogP contribution in [0.3, 0.4) is 0 Å². The molecule has 0 radical (unpaired) electrons. The number of hydrogen-bond donors (Lipinski definition) is 0. The molecule has 0 unspecified atom stereocenters. The minimum Gasteiger partial charge on any atom is -0.377 e. The monoisotopic (exact) mass is 423 g/mol. The molecule has 0 spiro atoms. The quantitative estimate of drug-likeness (QED) is 0.607. The van der Waals surface area contributed by atoms with Gasteiger partial charge in [0.15, 0.2) is 0 Å². The van der Waals surface area contributed by atoms with E-state index in [2.05, 4.69) is 9.88 Å². The number of ether oxygens (including phenoxy) is 1. The molecule has 4 rings (SSSR count). The normalized spacial score (nSPS) is 24.3. The van der Waals surface area contributed by atoms with Gasteiger partial charge in [-0.3, -0.25) is 4.90 Å². The predicted octanol–water partition coefficient (Wildman–Crippen LogP) is 3.65. The van der Waals surface area contributed by atoms with Crippen LogP contribution in [0, 0.1) is 11.8 Å². The first-order valence-corrected chi connectivity index (χ1v) is 13.5. The average Bonchev–Trinajstić information content (AvgIpc) is 3.29. The molecule has 1 saturated heterocycles. The molecule has 3 fully saturated rings. The van der Waals surface area contributed by atoms with Crippen LogP contribution in [0.1, 0.15) is 69.9 Å². The number of aromatic nitrogens is 2. The zero-order valence-corrected chi connectivity index (χ0v) is 18.7. The number of rotatable bonds is 9. The van der Waals surface area contributed by atoms with Crippen molar-refractivity contribution in [1.82, 2.24) is 14.5 Å². The van der Waals surface area contributed by atoms with Crippen LogP contribution in [-0.2, 0) is 27.7 Å². The lowest BCUT2D eigenvalue weighted by molar-refractivity contribution is 0.0568. The van der Waals surface area contributed by atoms with Gasteiger partial charge in [-0.05, 0) is 50.4 Å². The Hall–Kier alpha value is -0.920. The SMILES string of the molecule is CS(=O)(=O)c1ncc(CN(CC2CCC2)C[C@H]2CCCO2)n1CC1CCCCC1. The molecule has 7 heteroatoms. The van der Waals surface area contributed by atoms with E-state index in [1.165, 1.54) is 57.6 Å². The fourth-order valence-electron chi connectivity index (χ4n) is 5.19. The lowest BCUT2D eigenvalue weighted by atomic mass is 9.85. The Bertz CT molecular complexity index is 760. The van der Waals surface area contributed by atoms with Gasteiger partial charge >= 0.3 is 0 Å². The van der Waals surface area contributed by atoms with Gasteiger partial charge in [-0.2, -0.15) is 0 Å². The van der Waals surface area contributed by atoms with Gasteiger partial charge in [-0.25, -0.2) is 13.4 Å². The van der Waals surface area contributed by atoms with Crippen LogP contribution in [0.2, 0.25) is 0 Å². The summed E-state index contributed by atoms with van der Waals surface area (Å²) in [7, 11) is -3.33. The molecule has 1 atom stereocenters. The average molecular weight is 424 g/mol. The summed E-state index contributed by atoms with van der Waals surface area (Å²) in [6.07, 6.45) is 15.9. The standard InChI is InChI=1S/C22H37N3O3S/c1-29(26,27)22-23-13-20(25(22)15-19-7-3-2-4-8-19)16-24(14-18-9-5-10-18)17-21-11-6-12-28-21/h13,18-19,21H,2-12,14-17H2,1H3/t21-/m1/s1. The van der Waals surface area contributed by atoms with Crippen LogP contribution in [0.15, 0.2) is 11.4 Å². The zero-order chi connectivity index (χ0) is 20.3. The molecule has 1 aromatic heterocycles. The molecular weight excluding hydrogens is 386 g/mol. The van der Waals surface area contributed by atoms with Gasteiger partial charge in [-0.1, -0.05) is 25.7 Å². The van der Waals surface area contributed by atoms with Gasteiger partial charge < -0.3 is 9.30 Å². The van der Waals surface area contributed by atoms with Crippen LogP contribution in [0.4, 0.5) is 0 Å². The third-order valence-electron chi connectivity index (χ3n) is 7.01. The van der Waals surface area contributed by atoms with Gasteiger partial charge in [0.05, 0.1) is 18.0 Å². The number of nitrogens with zero attached hydrogens (tertiary/aromatic N) is 3. The number of sulfone groups is 1. The lowest BCUT2D eigenvalue weighted by Gasteiger charge is -2.34. The Morgan fingerprint density at radius 2 is 1.79 bits per heavy atom. The third-order valence-corrected chi connectivity index (χ3v) is 8.00. The van der Waals surface area contributed by atoms with E-state index in [-0.39, 0.29) is 5.16 Å². The highest BCUT2D eigenvalue weighted by atomic mass is 32.2. The molecule has 1 aromatic rings. The maximum absolute atomic E-state index is 12.4. The second kappa shape index (κ2) is 9.48. The van der Waals surface area contributed by atoms with Crippen molar-refractivity contribution in [1.29, 1.82) is 0 Å². The first-order valence-electron chi connectivity index (χ1n) is 11.6. The van der Waals surface area contributed by atoms with E-state index in [1.54, 1.807) is 0 Å². The molecule has 0 bridgehead atoms. The van der Waals surface area contributed by atoms with Crippen LogP contribution >= 0.6 is 0 Å². The van der Waals surface area contributed by atoms with E-state index in [0.717, 1.165) is 57.2 Å². The van der Waals surface area contributed by atoms with Gasteiger partial charge in [-0.15, -0.1) is 0 Å². The van der Waals surface area contributed by atoms with E-state index in [9.17, 15) is 8.42 Å². The van der Waals surface area contributed by atoms with Crippen molar-refractivity contribution in [3.63, 3.8) is 0 Å². The molecule has 2 heterocycles. The molecule has 0 amide bonds. The second-order valence-corrected chi connectivity index (χ2v) is 11.5. The molecule has 6 nitrogen and oxygen atoms in total. The topological polar surface area (TPSA) is 64.4 Å². The summed E-state index contributed by atoms with van der Waals surface area (Å²) in [5.41, 5.74) is 1.05. The molecule has 1 aliphatic heterocycles. The summed E-state index contributed by atoms with van der Waals surface area (Å²) in [5.74, 6) is 1.34. The van der Waals surface area contributed by atoms with Crippen molar-refractivity contribution < 1.29 is 13.2 Å². The van der Waals surface area contributed by atoms with E-state index in [4.69, 9.17) is 4.74 Å². The van der Waals surface area contributed by atoms with E-state index in [0.29, 0.717) is 12.0 Å². The van der Waals surface area contributed by atoms with Gasteiger partial charge in [0.25, 0.3) is 0 Å². The molecule has 2 aliphatic carbocycles. The minimum absolute atomic E-state index is 0.249. The zero-order valence-electron chi connectivity index (χ0n) is 17.9. The van der Waals surface area contributed by atoms with Gasteiger partial charge in [0.1, 0.15) is 0 Å². The highest BCUT2D eigenvalue weighted by Gasteiger charge is 2.28. The van der Waals surface area contributed by atoms with Crippen LogP contribution in [0.25, 0.3) is 0 Å². The Balaban J connectivity index is 1.52. The summed E-state index contributed by atoms with van der Waals surface area (Å²) >= 11 is 0. The molecule has 0 aromatic carbocycles. The van der Waals surface area contributed by atoms with Crippen molar-refractivity contribution in [3.05, 3.63) is 11.9 Å². The molecule has 29 heavy (non-hydrogen) atoms. The van der Waals surface area contributed by atoms with Crippen molar-refractivity contribution in [3.8, 4) is 0 Å². The summed E-state index contributed by atoms with van der Waals surface area (Å²) in [5, 5.41) is 0.249. The Morgan fingerprint density at radius 3 is 2.41 bits per heavy atom. The van der Waals surface area contributed by atoms with Crippen molar-refractivity contribution in [2.24, 2.45) is 11.8 Å². The fourth-order valence-corrected chi connectivity index (χ4v) is 6.02. The second-order valence-electron chi connectivity index (χ2n) is 9.54. The van der Waals surface area contributed by atoms with E-state index in [1.807, 2.05) is 10.8 Å². The van der Waals surface area contributed by atoms with Crippen LogP contribution in [0.5, 0.6) is 0 Å². The summed E-state index contributed by atoms with van der Waals surface area (Å²) in [4.78, 5) is 6.87. The Labute approximate surface area is 175 Å². The maximum Gasteiger partial charge on any atom is 0.227 e. The summed E-state index contributed by atoms with van der Waals surface area (Å²) in [6, 6.07) is 0. The first kappa shape index (κ1) is 21.3. The number of imidazole rings is 1. The highest BCUT2D eigenvalue weighted by Crippen LogP contribution is 2.30. The first-order chi connectivity index (χ1) is 14.0. The third kappa shape index (κ3) is 5.61. The molecule has 164 valence electrons. The van der Waals surface area contributed by atoms with Crippen LogP contribution < -0.4 is 0 Å². The summed E-state index contributed by atoms with van der Waals surface area (Å²) in [6.45, 7) is 4.46. The van der Waals surface area contributed by atoms with Crippen molar-refractivity contribution in [2.45, 2.75) is 88.6 Å². The summed E-state index contributed by atoms with van der Waals surface area (Å²) < 4.78 is 32.7. The van der Waals surface area contributed by atoms with E-state index >= 15 is 0 Å². The van der Waals surface area contributed by atoms with Crippen LogP contribution in [-0.4, -0.2) is 54.9 Å². The number of hydrogen-bond acceptors (Lipinski definition) is 5. The Morgan fingerprint density at radius 1 is 1.03 bits per heavy atom. The van der Waals surface area contributed by atoms with Crippen molar-refractivity contribution in [2.75, 3.05) is 26.0 Å². The van der Waals surface area contributed by atoms with Crippen molar-refractivity contribution >= 4 is 9.84 Å². The molecular formula is C22H37N3O3S. The fraction of sp³-hybridized carbons (Fsp3) is 0.864. The van der Waals surface area contributed by atoms with Gasteiger partial charge in [0, 0.05) is 39.0 Å². The van der Waals surface area contributed by atoms with Gasteiger partial charge in [0.2, 0.25) is 15.0 Å². The highest BCUT2D eigenvalue weighted by molar-refractivity contribution is 7.90. The van der Waals surface area contributed by atoms with E-state index < -0.39 is 9.84 Å². The molecule has 2 saturated carbocycles. The maximum atomic E-state index is 12.4. The minimum atomic E-state index is -3.33. The smallest absolute Gasteiger partial charge is 0.227 e.